The van der Waals surface area contributed by atoms with Crippen molar-refractivity contribution in [3.63, 3.8) is 0 Å². The van der Waals surface area contributed by atoms with Gasteiger partial charge in [0.05, 0.1) is 16.4 Å². The number of hydrogen-bond acceptors (Lipinski definition) is 6. The molecule has 7 nitrogen and oxygen atoms in total. The van der Waals surface area contributed by atoms with E-state index in [2.05, 4.69) is 10.6 Å². The maximum Gasteiger partial charge on any atom is 0.455 e. The molecule has 0 bridgehead atoms. The number of benzene rings is 1. The van der Waals surface area contributed by atoms with Crippen LogP contribution < -0.4 is 15.4 Å². The van der Waals surface area contributed by atoms with Gasteiger partial charge in [-0.2, -0.15) is 13.2 Å². The molecule has 0 fully saturated rings. The number of unbranched alkanes of at least 4 members (excludes halogenated alkanes) is 3. The molecule has 2 amide bonds. The summed E-state index contributed by atoms with van der Waals surface area (Å²) in [5, 5.41) is 5.35. The van der Waals surface area contributed by atoms with E-state index in [1.54, 1.807) is 24.3 Å². The highest BCUT2D eigenvalue weighted by Gasteiger charge is 2.40. The Morgan fingerprint density at radius 2 is 1.50 bits per heavy atom. The second kappa shape index (κ2) is 13.3. The Hall–Kier alpha value is -3.08. The molecule has 0 saturated carbocycles. The Labute approximate surface area is 212 Å². The molecule has 0 saturated heterocycles. The lowest BCUT2D eigenvalue weighted by Gasteiger charge is -2.19. The number of alkyl carbamates (subject to hydrolysis) is 1. The minimum absolute atomic E-state index is 0.0307. The zero-order valence-electron chi connectivity index (χ0n) is 20.5. The number of alkyl halides is 3. The molecule has 0 radical (unpaired) electrons. The predicted molar refractivity (Wildman–Crippen MR) is 131 cm³/mol. The van der Waals surface area contributed by atoms with Gasteiger partial charge in [-0.3, -0.25) is 9.59 Å². The molecule has 0 spiro atoms. The number of ketones is 1. The number of Topliss-reactive ketones (excluding diaryl/α,β-unsaturated/α-hetero) is 1. The molecule has 0 aliphatic rings. The number of hydrogen-bond donors (Lipinski definition) is 2. The van der Waals surface area contributed by atoms with Crippen LogP contribution in [0.5, 0.6) is 5.75 Å². The van der Waals surface area contributed by atoms with Gasteiger partial charge in [-0.1, -0.05) is 25.0 Å². The van der Waals surface area contributed by atoms with E-state index in [9.17, 15) is 27.6 Å². The van der Waals surface area contributed by atoms with Crippen molar-refractivity contribution in [2.45, 2.75) is 64.8 Å². The maximum atomic E-state index is 12.5. The molecule has 36 heavy (non-hydrogen) atoms. The Kier molecular flexibility index (Phi) is 10.8. The number of ether oxygens (including phenoxy) is 2. The fraction of sp³-hybridized carbons (Fsp3) is 0.480. The molecular formula is C25H31F3N2O5S. The highest BCUT2D eigenvalue weighted by Crippen LogP contribution is 2.26. The molecule has 2 N–H and O–H groups in total. The fourth-order valence-corrected chi connectivity index (χ4v) is 3.85. The number of rotatable bonds is 12. The van der Waals surface area contributed by atoms with Crippen LogP contribution in [0.1, 0.15) is 71.4 Å². The van der Waals surface area contributed by atoms with Gasteiger partial charge in [0.15, 0.2) is 0 Å². The molecule has 2 rings (SSSR count). The van der Waals surface area contributed by atoms with Gasteiger partial charge >= 0.3 is 12.3 Å². The topological polar surface area (TPSA) is 93.7 Å². The summed E-state index contributed by atoms with van der Waals surface area (Å²) in [7, 11) is 0. The number of amides is 2. The van der Waals surface area contributed by atoms with Crippen molar-refractivity contribution in [3.05, 3.63) is 51.7 Å². The van der Waals surface area contributed by atoms with Crippen molar-refractivity contribution in [1.29, 1.82) is 0 Å². The molecule has 198 valence electrons. The average Bonchev–Trinajstić information content (AvgIpc) is 3.28. The van der Waals surface area contributed by atoms with Gasteiger partial charge in [-0.25, -0.2) is 4.79 Å². The third kappa shape index (κ3) is 10.7. The third-order valence-electron chi connectivity index (χ3n) is 4.70. The van der Waals surface area contributed by atoms with Crippen molar-refractivity contribution in [2.75, 3.05) is 13.2 Å². The average molecular weight is 529 g/mol. The number of nitrogens with one attached hydrogen (secondary N) is 2. The largest absolute Gasteiger partial charge is 0.494 e. The first-order valence-electron chi connectivity index (χ1n) is 11.5. The lowest BCUT2D eigenvalue weighted by Crippen LogP contribution is -2.32. The number of halogens is 3. The Balaban J connectivity index is 1.61. The highest BCUT2D eigenvalue weighted by molar-refractivity contribution is 7.16. The normalized spacial score (nSPS) is 11.6. The summed E-state index contributed by atoms with van der Waals surface area (Å²) in [6.45, 7) is 6.74. The predicted octanol–water partition coefficient (Wildman–Crippen LogP) is 5.89. The fourth-order valence-electron chi connectivity index (χ4n) is 2.97. The van der Waals surface area contributed by atoms with Gasteiger partial charge in [0, 0.05) is 13.1 Å². The first kappa shape index (κ1) is 29.2. The van der Waals surface area contributed by atoms with E-state index in [1.165, 1.54) is 6.07 Å². The van der Waals surface area contributed by atoms with Crippen molar-refractivity contribution < 1.29 is 37.0 Å². The Bertz CT molecular complexity index is 1010. The quantitative estimate of drug-likeness (QED) is 0.265. The van der Waals surface area contributed by atoms with Crippen LogP contribution in [0.15, 0.2) is 36.4 Å². The second-order valence-electron chi connectivity index (χ2n) is 9.01. The number of thiophene rings is 1. The summed E-state index contributed by atoms with van der Waals surface area (Å²) >= 11 is 0.508. The lowest BCUT2D eigenvalue weighted by atomic mass is 10.2. The molecule has 1 aromatic carbocycles. The molecule has 1 aromatic heterocycles. The zero-order chi connectivity index (χ0) is 26.8. The summed E-state index contributed by atoms with van der Waals surface area (Å²) in [4.78, 5) is 34.5. The van der Waals surface area contributed by atoms with Gasteiger partial charge in [0.25, 0.3) is 11.7 Å². The number of carbonyl (C=O) groups excluding carboxylic acids is 3. The highest BCUT2D eigenvalue weighted by atomic mass is 32.1. The molecular weight excluding hydrogens is 497 g/mol. The monoisotopic (exact) mass is 528 g/mol. The lowest BCUT2D eigenvalue weighted by molar-refractivity contribution is -0.0882. The zero-order valence-corrected chi connectivity index (χ0v) is 21.3. The first-order chi connectivity index (χ1) is 16.8. The van der Waals surface area contributed by atoms with E-state index in [-0.39, 0.29) is 11.4 Å². The van der Waals surface area contributed by atoms with Crippen LogP contribution >= 0.6 is 11.3 Å². The minimum atomic E-state index is -4.97. The first-order valence-corrected chi connectivity index (χ1v) is 12.3. The van der Waals surface area contributed by atoms with Crippen molar-refractivity contribution in [2.24, 2.45) is 0 Å². The van der Waals surface area contributed by atoms with Crippen molar-refractivity contribution in [3.8, 4) is 5.75 Å². The number of carbonyl (C=O) groups is 3. The van der Waals surface area contributed by atoms with Crippen LogP contribution in [0.2, 0.25) is 0 Å². The minimum Gasteiger partial charge on any atom is -0.494 e. The summed E-state index contributed by atoms with van der Waals surface area (Å²) in [6.07, 6.45) is -1.75. The van der Waals surface area contributed by atoms with Gasteiger partial charge in [-0.15, -0.1) is 11.3 Å². The van der Waals surface area contributed by atoms with Gasteiger partial charge in [-0.05, 0) is 63.4 Å². The second-order valence-corrected chi connectivity index (χ2v) is 10.1. The van der Waals surface area contributed by atoms with Crippen LogP contribution in [0.3, 0.4) is 0 Å². The van der Waals surface area contributed by atoms with E-state index >= 15 is 0 Å². The van der Waals surface area contributed by atoms with Crippen LogP contribution in [0.25, 0.3) is 0 Å². The molecule has 0 unspecified atom stereocenters. The SMILES string of the molecule is CC(C)(C)OC(=O)NCCCCCCOc1ccc(CNC(=O)c2ccc(C(=O)C(F)(F)F)s2)cc1. The van der Waals surface area contributed by atoms with E-state index in [1.807, 2.05) is 20.8 Å². The van der Waals surface area contributed by atoms with Crippen LogP contribution in [0, 0.1) is 0 Å². The summed E-state index contributed by atoms with van der Waals surface area (Å²) in [5.74, 6) is -1.83. The van der Waals surface area contributed by atoms with Crippen LogP contribution in [0.4, 0.5) is 18.0 Å². The van der Waals surface area contributed by atoms with Crippen LogP contribution in [-0.2, 0) is 11.3 Å². The Morgan fingerprint density at radius 1 is 0.861 bits per heavy atom. The van der Waals surface area contributed by atoms with Gasteiger partial charge in [0.2, 0.25) is 0 Å². The van der Waals surface area contributed by atoms with Gasteiger partial charge < -0.3 is 20.1 Å². The molecule has 11 heteroatoms. The molecule has 0 aliphatic heterocycles. The Morgan fingerprint density at radius 3 is 2.14 bits per heavy atom. The van der Waals surface area contributed by atoms with Crippen LogP contribution in [-0.4, -0.2) is 42.7 Å². The van der Waals surface area contributed by atoms with Gasteiger partial charge in [0.1, 0.15) is 11.4 Å². The van der Waals surface area contributed by atoms with E-state index in [0.717, 1.165) is 37.3 Å². The van der Waals surface area contributed by atoms with E-state index in [4.69, 9.17) is 9.47 Å². The standard InChI is InChI=1S/C25H31F3N2O5S/c1-24(2,3)35-23(33)29-14-6-4-5-7-15-34-18-10-8-17(9-11-18)16-30-22(32)20-13-12-19(36-20)21(31)25(26,27)28/h8-13H,4-7,14-16H2,1-3H3,(H,29,33)(H,30,32). The van der Waals surface area contributed by atoms with E-state index in [0.29, 0.717) is 30.2 Å². The molecule has 0 aliphatic carbocycles. The molecule has 2 aromatic rings. The molecule has 1 heterocycles. The summed E-state index contributed by atoms with van der Waals surface area (Å²) in [6, 6.07) is 9.32. The van der Waals surface area contributed by atoms with Crippen molar-refractivity contribution >= 4 is 29.1 Å². The van der Waals surface area contributed by atoms with Crippen molar-refractivity contribution in [1.82, 2.24) is 10.6 Å². The maximum absolute atomic E-state index is 12.5. The summed E-state index contributed by atoms with van der Waals surface area (Å²) < 4.78 is 48.4. The third-order valence-corrected chi connectivity index (χ3v) is 5.78. The summed E-state index contributed by atoms with van der Waals surface area (Å²) in [5.41, 5.74) is 0.282. The molecule has 0 atom stereocenters. The smallest absolute Gasteiger partial charge is 0.455 e. The van der Waals surface area contributed by atoms with E-state index < -0.39 is 34.4 Å².